The summed E-state index contributed by atoms with van der Waals surface area (Å²) < 4.78 is 0. The first-order chi connectivity index (χ1) is 9.10. The molecule has 2 rings (SSSR count). The van der Waals surface area contributed by atoms with Crippen LogP contribution in [0.1, 0.15) is 34.0 Å². The topological polar surface area (TPSA) is 17.1 Å². The van der Waals surface area contributed by atoms with Gasteiger partial charge in [-0.05, 0) is 36.1 Å². The molecule has 0 amide bonds. The molecule has 0 aromatic heterocycles. The molecular weight excluding hydrogens is 256 g/mol. The van der Waals surface area contributed by atoms with Crippen LogP contribution in [0.15, 0.2) is 42.5 Å². The zero-order chi connectivity index (χ0) is 13.8. The Hall–Kier alpha value is -1.60. The van der Waals surface area contributed by atoms with E-state index in [1.54, 1.807) is 0 Å². The SMILES string of the molecule is CCc1ccc(C(=O)Cc2ccc(C)cc2Cl)cc1. The number of Topliss-reactive ketones (excluding diaryl/α,β-unsaturated/α-hetero) is 1. The van der Waals surface area contributed by atoms with E-state index in [2.05, 4.69) is 6.92 Å². The zero-order valence-electron chi connectivity index (χ0n) is 11.2. The molecule has 0 aliphatic carbocycles. The first kappa shape index (κ1) is 13.8. The Morgan fingerprint density at radius 2 is 1.79 bits per heavy atom. The molecule has 0 saturated carbocycles. The summed E-state index contributed by atoms with van der Waals surface area (Å²) in [5.41, 5.74) is 3.98. The average molecular weight is 273 g/mol. The van der Waals surface area contributed by atoms with Crippen molar-refractivity contribution in [3.63, 3.8) is 0 Å². The van der Waals surface area contributed by atoms with Crippen LogP contribution in [-0.2, 0) is 12.8 Å². The third-order valence-electron chi connectivity index (χ3n) is 3.24. The van der Waals surface area contributed by atoms with Crippen LogP contribution >= 0.6 is 11.6 Å². The smallest absolute Gasteiger partial charge is 0.167 e. The summed E-state index contributed by atoms with van der Waals surface area (Å²) in [6.07, 6.45) is 1.34. The highest BCUT2D eigenvalue weighted by atomic mass is 35.5. The van der Waals surface area contributed by atoms with Crippen LogP contribution in [-0.4, -0.2) is 5.78 Å². The molecule has 0 heterocycles. The average Bonchev–Trinajstić information content (AvgIpc) is 2.42. The van der Waals surface area contributed by atoms with Gasteiger partial charge in [-0.1, -0.05) is 54.9 Å². The molecule has 0 saturated heterocycles. The molecule has 1 nitrogen and oxygen atoms in total. The van der Waals surface area contributed by atoms with Crippen molar-refractivity contribution in [2.24, 2.45) is 0 Å². The monoisotopic (exact) mass is 272 g/mol. The molecule has 0 fully saturated rings. The van der Waals surface area contributed by atoms with E-state index in [0.29, 0.717) is 11.4 Å². The van der Waals surface area contributed by atoms with Gasteiger partial charge in [0.1, 0.15) is 0 Å². The summed E-state index contributed by atoms with van der Waals surface area (Å²) in [7, 11) is 0. The van der Waals surface area contributed by atoms with Crippen molar-refractivity contribution in [3.8, 4) is 0 Å². The number of halogens is 1. The Labute approximate surface area is 119 Å². The van der Waals surface area contributed by atoms with Gasteiger partial charge < -0.3 is 0 Å². The lowest BCUT2D eigenvalue weighted by Gasteiger charge is -2.05. The fourth-order valence-corrected chi connectivity index (χ4v) is 2.30. The van der Waals surface area contributed by atoms with Gasteiger partial charge in [0, 0.05) is 17.0 Å². The standard InChI is InChI=1S/C17H17ClO/c1-3-13-5-8-14(9-6-13)17(19)11-15-7-4-12(2)10-16(15)18/h4-10H,3,11H2,1-2H3. The lowest BCUT2D eigenvalue weighted by molar-refractivity contribution is 0.0993. The zero-order valence-corrected chi connectivity index (χ0v) is 12.0. The third kappa shape index (κ3) is 3.45. The Bertz CT molecular complexity index is 585. The summed E-state index contributed by atoms with van der Waals surface area (Å²) in [5, 5.41) is 0.665. The second-order valence-corrected chi connectivity index (χ2v) is 5.15. The molecule has 0 aliphatic heterocycles. The summed E-state index contributed by atoms with van der Waals surface area (Å²) in [5.74, 6) is 0.105. The van der Waals surface area contributed by atoms with E-state index in [1.165, 1.54) is 5.56 Å². The maximum absolute atomic E-state index is 12.2. The maximum Gasteiger partial charge on any atom is 0.167 e. The Balaban J connectivity index is 2.15. The molecule has 2 aromatic carbocycles. The number of hydrogen-bond acceptors (Lipinski definition) is 1. The van der Waals surface area contributed by atoms with Gasteiger partial charge in [-0.25, -0.2) is 0 Å². The van der Waals surface area contributed by atoms with Crippen molar-refractivity contribution in [2.75, 3.05) is 0 Å². The van der Waals surface area contributed by atoms with E-state index in [0.717, 1.165) is 23.1 Å². The normalized spacial score (nSPS) is 10.5. The van der Waals surface area contributed by atoms with Crippen molar-refractivity contribution >= 4 is 17.4 Å². The Morgan fingerprint density at radius 3 is 2.37 bits per heavy atom. The highest BCUT2D eigenvalue weighted by Crippen LogP contribution is 2.19. The van der Waals surface area contributed by atoms with Crippen LogP contribution in [0, 0.1) is 6.92 Å². The van der Waals surface area contributed by atoms with Gasteiger partial charge in [0.25, 0.3) is 0 Å². The van der Waals surface area contributed by atoms with Crippen LogP contribution in [0.3, 0.4) is 0 Å². The van der Waals surface area contributed by atoms with E-state index < -0.39 is 0 Å². The number of benzene rings is 2. The Morgan fingerprint density at radius 1 is 1.11 bits per heavy atom. The number of hydrogen-bond donors (Lipinski definition) is 0. The molecule has 0 unspecified atom stereocenters. The molecule has 0 aliphatic rings. The van der Waals surface area contributed by atoms with Crippen molar-refractivity contribution < 1.29 is 4.79 Å². The van der Waals surface area contributed by atoms with Gasteiger partial charge in [0.05, 0.1) is 0 Å². The second kappa shape index (κ2) is 6.03. The molecule has 0 spiro atoms. The number of rotatable bonds is 4. The molecular formula is C17H17ClO. The fraction of sp³-hybridized carbons (Fsp3) is 0.235. The highest BCUT2D eigenvalue weighted by molar-refractivity contribution is 6.31. The molecule has 2 aromatic rings. The van der Waals surface area contributed by atoms with Crippen molar-refractivity contribution in [1.29, 1.82) is 0 Å². The van der Waals surface area contributed by atoms with E-state index in [4.69, 9.17) is 11.6 Å². The molecule has 0 radical (unpaired) electrons. The first-order valence-corrected chi connectivity index (χ1v) is 6.85. The van der Waals surface area contributed by atoms with Crippen LogP contribution < -0.4 is 0 Å². The quantitative estimate of drug-likeness (QED) is 0.741. The largest absolute Gasteiger partial charge is 0.294 e. The predicted octanol–water partition coefficient (Wildman–Crippen LogP) is 4.64. The van der Waals surface area contributed by atoms with Gasteiger partial charge in [-0.2, -0.15) is 0 Å². The van der Waals surface area contributed by atoms with Crippen LogP contribution in [0.25, 0.3) is 0 Å². The van der Waals surface area contributed by atoms with Gasteiger partial charge in [0.2, 0.25) is 0 Å². The van der Waals surface area contributed by atoms with E-state index in [9.17, 15) is 4.79 Å². The maximum atomic E-state index is 12.2. The minimum absolute atomic E-state index is 0.105. The van der Waals surface area contributed by atoms with Gasteiger partial charge in [-0.15, -0.1) is 0 Å². The lowest BCUT2D eigenvalue weighted by atomic mass is 10.0. The predicted molar refractivity (Wildman–Crippen MR) is 80.0 cm³/mol. The van der Waals surface area contributed by atoms with E-state index >= 15 is 0 Å². The van der Waals surface area contributed by atoms with Gasteiger partial charge in [-0.3, -0.25) is 4.79 Å². The molecule has 0 N–H and O–H groups in total. The van der Waals surface area contributed by atoms with E-state index in [1.807, 2.05) is 49.4 Å². The van der Waals surface area contributed by atoms with Crippen molar-refractivity contribution in [2.45, 2.75) is 26.7 Å². The second-order valence-electron chi connectivity index (χ2n) is 4.75. The van der Waals surface area contributed by atoms with E-state index in [-0.39, 0.29) is 5.78 Å². The summed E-state index contributed by atoms with van der Waals surface area (Å²) in [6, 6.07) is 13.6. The first-order valence-electron chi connectivity index (χ1n) is 6.47. The minimum Gasteiger partial charge on any atom is -0.294 e. The molecule has 0 bridgehead atoms. The van der Waals surface area contributed by atoms with Gasteiger partial charge >= 0.3 is 0 Å². The Kier molecular flexibility index (Phi) is 4.39. The minimum atomic E-state index is 0.105. The molecule has 19 heavy (non-hydrogen) atoms. The third-order valence-corrected chi connectivity index (χ3v) is 3.60. The molecule has 98 valence electrons. The summed E-state index contributed by atoms with van der Waals surface area (Å²) in [4.78, 5) is 12.2. The highest BCUT2D eigenvalue weighted by Gasteiger charge is 2.09. The summed E-state index contributed by atoms with van der Waals surface area (Å²) in [6.45, 7) is 4.09. The number of carbonyl (C=O) groups excluding carboxylic acids is 1. The number of carbonyl (C=O) groups is 1. The lowest BCUT2D eigenvalue weighted by Crippen LogP contribution is -2.04. The van der Waals surface area contributed by atoms with Crippen LogP contribution in [0.5, 0.6) is 0 Å². The fourth-order valence-electron chi connectivity index (χ4n) is 2.00. The number of aryl methyl sites for hydroxylation is 2. The van der Waals surface area contributed by atoms with Crippen LogP contribution in [0.2, 0.25) is 5.02 Å². The van der Waals surface area contributed by atoms with Crippen molar-refractivity contribution in [1.82, 2.24) is 0 Å². The summed E-state index contributed by atoms with van der Waals surface area (Å²) >= 11 is 6.16. The number of ketones is 1. The van der Waals surface area contributed by atoms with Gasteiger partial charge in [0.15, 0.2) is 5.78 Å². The van der Waals surface area contributed by atoms with Crippen molar-refractivity contribution in [3.05, 3.63) is 69.7 Å². The van der Waals surface area contributed by atoms with Crippen LogP contribution in [0.4, 0.5) is 0 Å². The molecule has 2 heteroatoms. The molecule has 0 atom stereocenters.